The van der Waals surface area contributed by atoms with Gasteiger partial charge in [-0.3, -0.25) is 14.5 Å². The SMILES string of the molecule is NC1C2CCC(C2)C1C(=O)N1CCN(CC(=O)Nc2ccccc2)CC1. The van der Waals surface area contributed by atoms with Gasteiger partial charge in [0.15, 0.2) is 0 Å². The Hall–Kier alpha value is -1.92. The number of hydrogen-bond donors (Lipinski definition) is 2. The number of carbonyl (C=O) groups excluding carboxylic acids is 2. The molecule has 6 nitrogen and oxygen atoms in total. The number of piperazine rings is 1. The molecule has 2 saturated carbocycles. The Morgan fingerprint density at radius 3 is 2.38 bits per heavy atom. The number of rotatable bonds is 4. The van der Waals surface area contributed by atoms with Crippen LogP contribution in [0.5, 0.6) is 0 Å². The van der Waals surface area contributed by atoms with Gasteiger partial charge in [0.25, 0.3) is 0 Å². The Morgan fingerprint density at radius 2 is 1.73 bits per heavy atom. The van der Waals surface area contributed by atoms with Gasteiger partial charge in [-0.05, 0) is 43.2 Å². The van der Waals surface area contributed by atoms with Crippen LogP contribution >= 0.6 is 0 Å². The highest BCUT2D eigenvalue weighted by atomic mass is 16.2. The van der Waals surface area contributed by atoms with E-state index in [4.69, 9.17) is 5.73 Å². The zero-order valence-corrected chi connectivity index (χ0v) is 15.1. The average molecular weight is 356 g/mol. The van der Waals surface area contributed by atoms with Crippen LogP contribution in [0.15, 0.2) is 30.3 Å². The van der Waals surface area contributed by atoms with Gasteiger partial charge < -0.3 is 16.0 Å². The van der Waals surface area contributed by atoms with Crippen LogP contribution in [0.4, 0.5) is 5.69 Å². The number of nitrogens with one attached hydrogen (secondary N) is 1. The molecule has 4 unspecified atom stereocenters. The summed E-state index contributed by atoms with van der Waals surface area (Å²) in [5.41, 5.74) is 7.14. The smallest absolute Gasteiger partial charge is 0.238 e. The van der Waals surface area contributed by atoms with Gasteiger partial charge >= 0.3 is 0 Å². The molecule has 2 aliphatic carbocycles. The summed E-state index contributed by atoms with van der Waals surface area (Å²) in [4.78, 5) is 29.2. The Labute approximate surface area is 154 Å². The van der Waals surface area contributed by atoms with Gasteiger partial charge in [0.2, 0.25) is 11.8 Å². The molecule has 0 radical (unpaired) electrons. The van der Waals surface area contributed by atoms with E-state index in [1.54, 1.807) is 0 Å². The lowest BCUT2D eigenvalue weighted by atomic mass is 9.84. The first-order valence-electron chi connectivity index (χ1n) is 9.73. The second kappa shape index (κ2) is 7.37. The van der Waals surface area contributed by atoms with Gasteiger partial charge in [0.05, 0.1) is 12.5 Å². The number of nitrogens with zero attached hydrogens (tertiary/aromatic N) is 2. The van der Waals surface area contributed by atoms with Crippen LogP contribution in [0.25, 0.3) is 0 Å². The molecule has 3 N–H and O–H groups in total. The van der Waals surface area contributed by atoms with Gasteiger partial charge in [-0.25, -0.2) is 0 Å². The second-order valence-corrected chi connectivity index (χ2v) is 7.95. The number of nitrogens with two attached hydrogens (primary N) is 1. The number of hydrogen-bond acceptors (Lipinski definition) is 4. The second-order valence-electron chi connectivity index (χ2n) is 7.95. The highest BCUT2D eigenvalue weighted by Gasteiger charge is 2.50. The first kappa shape index (κ1) is 17.5. The Balaban J connectivity index is 1.25. The van der Waals surface area contributed by atoms with Gasteiger partial charge in [0, 0.05) is 37.9 Å². The molecule has 0 aromatic heterocycles. The van der Waals surface area contributed by atoms with Crippen molar-refractivity contribution in [1.29, 1.82) is 0 Å². The highest BCUT2D eigenvalue weighted by molar-refractivity contribution is 5.92. The first-order valence-corrected chi connectivity index (χ1v) is 9.73. The van der Waals surface area contributed by atoms with Crippen LogP contribution in [-0.4, -0.2) is 60.4 Å². The molecule has 2 bridgehead atoms. The quantitative estimate of drug-likeness (QED) is 0.848. The third-order valence-electron chi connectivity index (χ3n) is 6.37. The molecule has 1 heterocycles. The summed E-state index contributed by atoms with van der Waals surface area (Å²) in [7, 11) is 0. The van der Waals surface area contributed by atoms with Crippen molar-refractivity contribution >= 4 is 17.5 Å². The van der Waals surface area contributed by atoms with Gasteiger partial charge in [-0.15, -0.1) is 0 Å². The van der Waals surface area contributed by atoms with Crippen molar-refractivity contribution in [3.63, 3.8) is 0 Å². The van der Waals surface area contributed by atoms with Crippen molar-refractivity contribution in [1.82, 2.24) is 9.80 Å². The van der Waals surface area contributed by atoms with E-state index in [0.717, 1.165) is 31.6 Å². The summed E-state index contributed by atoms with van der Waals surface area (Å²) in [5, 5.41) is 2.91. The molecule has 3 aliphatic rings. The third-order valence-corrected chi connectivity index (χ3v) is 6.37. The Morgan fingerprint density at radius 1 is 1.04 bits per heavy atom. The van der Waals surface area contributed by atoms with Crippen LogP contribution in [0, 0.1) is 17.8 Å². The van der Waals surface area contributed by atoms with E-state index in [1.807, 2.05) is 35.2 Å². The van der Waals surface area contributed by atoms with Gasteiger partial charge in [-0.2, -0.15) is 0 Å². The zero-order chi connectivity index (χ0) is 18.1. The zero-order valence-electron chi connectivity index (χ0n) is 15.1. The lowest BCUT2D eigenvalue weighted by Crippen LogP contribution is -2.54. The maximum absolute atomic E-state index is 12.9. The molecule has 26 heavy (non-hydrogen) atoms. The first-order chi connectivity index (χ1) is 12.6. The largest absolute Gasteiger partial charge is 0.340 e. The minimum Gasteiger partial charge on any atom is -0.340 e. The monoisotopic (exact) mass is 356 g/mol. The molecule has 1 aromatic carbocycles. The third kappa shape index (κ3) is 3.48. The number of anilines is 1. The minimum atomic E-state index is -0.00824. The van der Waals surface area contributed by atoms with Crippen molar-refractivity contribution < 1.29 is 9.59 Å². The van der Waals surface area contributed by atoms with Gasteiger partial charge in [0.1, 0.15) is 0 Å². The van der Waals surface area contributed by atoms with E-state index in [-0.39, 0.29) is 23.8 Å². The Kier molecular flexibility index (Phi) is 4.96. The molecule has 4 rings (SSSR count). The number of para-hydroxylation sites is 1. The van der Waals surface area contributed by atoms with Crippen molar-refractivity contribution in [2.24, 2.45) is 23.5 Å². The molecule has 4 atom stereocenters. The predicted octanol–water partition coefficient (Wildman–Crippen LogP) is 1.14. The van der Waals surface area contributed by atoms with Crippen LogP contribution in [0.1, 0.15) is 19.3 Å². The number of fused-ring (bicyclic) bond motifs is 2. The van der Waals surface area contributed by atoms with Crippen molar-refractivity contribution in [3.8, 4) is 0 Å². The molecular formula is C20H28N4O2. The standard InChI is InChI=1S/C20H28N4O2/c21-19-15-7-6-14(12-15)18(19)20(26)24-10-8-23(9-11-24)13-17(25)22-16-4-2-1-3-5-16/h1-5,14-15,18-19H,6-13,21H2,(H,22,25). The number of carbonyl (C=O) groups is 2. The fourth-order valence-corrected chi connectivity index (χ4v) is 4.96. The van der Waals surface area contributed by atoms with E-state index < -0.39 is 0 Å². The fourth-order valence-electron chi connectivity index (χ4n) is 4.96. The molecule has 1 aliphatic heterocycles. The average Bonchev–Trinajstić information content (AvgIpc) is 3.24. The molecule has 140 valence electrons. The topological polar surface area (TPSA) is 78.7 Å². The van der Waals surface area contributed by atoms with Crippen LogP contribution in [0.2, 0.25) is 0 Å². The maximum atomic E-state index is 12.9. The van der Waals surface area contributed by atoms with Crippen LogP contribution in [0.3, 0.4) is 0 Å². The van der Waals surface area contributed by atoms with E-state index in [0.29, 0.717) is 31.5 Å². The van der Waals surface area contributed by atoms with Crippen molar-refractivity contribution in [3.05, 3.63) is 30.3 Å². The lowest BCUT2D eigenvalue weighted by Gasteiger charge is -2.38. The Bertz CT molecular complexity index is 655. The van der Waals surface area contributed by atoms with E-state index >= 15 is 0 Å². The lowest BCUT2D eigenvalue weighted by molar-refractivity contribution is -0.139. The van der Waals surface area contributed by atoms with Crippen LogP contribution in [-0.2, 0) is 9.59 Å². The van der Waals surface area contributed by atoms with Crippen molar-refractivity contribution in [2.75, 3.05) is 38.0 Å². The van der Waals surface area contributed by atoms with Gasteiger partial charge in [-0.1, -0.05) is 18.2 Å². The normalized spacial score (nSPS) is 31.2. The highest BCUT2D eigenvalue weighted by Crippen LogP contribution is 2.48. The van der Waals surface area contributed by atoms with E-state index in [2.05, 4.69) is 10.2 Å². The number of amides is 2. The molecule has 1 saturated heterocycles. The van der Waals surface area contributed by atoms with E-state index in [9.17, 15) is 9.59 Å². The maximum Gasteiger partial charge on any atom is 0.238 e. The summed E-state index contributed by atoms with van der Waals surface area (Å²) in [6.07, 6.45) is 3.49. The van der Waals surface area contributed by atoms with Crippen LogP contribution < -0.4 is 11.1 Å². The molecule has 3 fully saturated rings. The predicted molar refractivity (Wildman–Crippen MR) is 100 cm³/mol. The summed E-state index contributed by atoms with van der Waals surface area (Å²) < 4.78 is 0. The summed E-state index contributed by atoms with van der Waals surface area (Å²) in [6, 6.07) is 9.55. The summed E-state index contributed by atoms with van der Waals surface area (Å²) in [6.45, 7) is 3.23. The molecule has 2 amide bonds. The van der Waals surface area contributed by atoms with E-state index in [1.165, 1.54) is 6.42 Å². The number of benzene rings is 1. The van der Waals surface area contributed by atoms with Crippen molar-refractivity contribution in [2.45, 2.75) is 25.3 Å². The molecular weight excluding hydrogens is 328 g/mol. The summed E-state index contributed by atoms with van der Waals surface area (Å²) in [5.74, 6) is 1.32. The molecule has 1 aromatic rings. The fraction of sp³-hybridized carbons (Fsp3) is 0.600. The molecule has 6 heteroatoms. The minimum absolute atomic E-state index is 0.00824. The summed E-state index contributed by atoms with van der Waals surface area (Å²) >= 11 is 0. The molecule has 0 spiro atoms.